The first-order valence-corrected chi connectivity index (χ1v) is 20.1. The average molecular weight is 932 g/mol. The van der Waals surface area contributed by atoms with Gasteiger partial charge >= 0.3 is 6.97 Å². The minimum atomic E-state index is -4.42. The molecule has 1 aromatic carbocycles. The maximum absolute atomic E-state index is 18.2. The third-order valence-electron chi connectivity index (χ3n) is 9.33. The Bertz CT molecular complexity index is 2490. The quantitative estimate of drug-likeness (QED) is 0.118. The van der Waals surface area contributed by atoms with Gasteiger partial charge in [-0.25, -0.2) is 0 Å². The Balaban J connectivity index is 1.52. The van der Waals surface area contributed by atoms with Gasteiger partial charge in [-0.1, -0.05) is 35.9 Å². The molecule has 0 saturated heterocycles. The van der Waals surface area contributed by atoms with Crippen molar-refractivity contribution in [2.75, 3.05) is 0 Å². The molecule has 0 atom stereocenters. The van der Waals surface area contributed by atoms with E-state index in [-0.39, 0.29) is 0 Å². The van der Waals surface area contributed by atoms with Crippen LogP contribution in [0, 0.1) is 19.6 Å². The lowest BCUT2D eigenvalue weighted by atomic mass is 9.83. The SMILES string of the molecule is CC1=C(c2ccc(I)s2)C(/C=C/c2ccncc2)=[N+]2C1=C(c1ccc(C)cc1)c1c(C)c(-c3ccc(I)s3)c(/C=C/c3ccncc3)n1[B-]2(F)F. The highest BCUT2D eigenvalue weighted by molar-refractivity contribution is 14.1. The van der Waals surface area contributed by atoms with Gasteiger partial charge in [0, 0.05) is 63.1 Å². The monoisotopic (exact) mass is 932 g/mol. The van der Waals surface area contributed by atoms with Gasteiger partial charge in [-0.2, -0.15) is 0 Å². The van der Waals surface area contributed by atoms with E-state index in [2.05, 4.69) is 79.4 Å². The first-order valence-electron chi connectivity index (χ1n) is 16.3. The second-order valence-electron chi connectivity index (χ2n) is 12.5. The van der Waals surface area contributed by atoms with Gasteiger partial charge in [0.1, 0.15) is 0 Å². The molecule has 252 valence electrons. The number of benzene rings is 1. The number of thiophene rings is 2. The van der Waals surface area contributed by atoms with Crippen molar-refractivity contribution in [3.05, 3.63) is 165 Å². The van der Waals surface area contributed by atoms with Gasteiger partial charge in [0.05, 0.1) is 16.9 Å². The fourth-order valence-corrected chi connectivity index (χ4v) is 10.6. The number of hydrogen-bond acceptors (Lipinski definition) is 4. The number of fused-ring (bicyclic) bond motifs is 2. The first kappa shape index (κ1) is 34.3. The molecule has 0 saturated carbocycles. The fourth-order valence-electron chi connectivity index (χ4n) is 7.09. The van der Waals surface area contributed by atoms with Gasteiger partial charge < -0.3 is 17.6 Å². The van der Waals surface area contributed by atoms with Crippen molar-refractivity contribution in [1.82, 2.24) is 14.4 Å². The van der Waals surface area contributed by atoms with Gasteiger partial charge in [0.25, 0.3) is 0 Å². The number of pyridine rings is 2. The van der Waals surface area contributed by atoms with E-state index < -0.39 is 6.97 Å². The Kier molecular flexibility index (Phi) is 9.18. The van der Waals surface area contributed by atoms with Crippen LogP contribution in [0.3, 0.4) is 0 Å². The maximum atomic E-state index is 18.2. The predicted octanol–water partition coefficient (Wildman–Crippen LogP) is 11.7. The Labute approximate surface area is 330 Å². The molecule has 11 heteroatoms. The Morgan fingerprint density at radius 1 is 0.686 bits per heavy atom. The van der Waals surface area contributed by atoms with Crippen LogP contribution in [-0.2, 0) is 0 Å². The van der Waals surface area contributed by atoms with Crippen LogP contribution in [0.4, 0.5) is 8.63 Å². The topological polar surface area (TPSA) is 33.7 Å². The largest absolute Gasteiger partial charge is 0.737 e. The van der Waals surface area contributed by atoms with E-state index in [4.69, 9.17) is 0 Å². The number of allylic oxidation sites excluding steroid dienone is 3. The number of nitrogens with zero attached hydrogens (tertiary/aromatic N) is 4. The van der Waals surface area contributed by atoms with Crippen LogP contribution >= 0.6 is 67.9 Å². The summed E-state index contributed by atoms with van der Waals surface area (Å²) < 4.78 is 41.3. The van der Waals surface area contributed by atoms with Crippen molar-refractivity contribution in [2.45, 2.75) is 20.8 Å². The lowest BCUT2D eigenvalue weighted by molar-refractivity contribution is -0.361. The highest BCUT2D eigenvalue weighted by Gasteiger charge is 2.58. The van der Waals surface area contributed by atoms with Gasteiger partial charge in [-0.15, -0.1) is 22.7 Å². The number of rotatable bonds is 7. The van der Waals surface area contributed by atoms with Crippen molar-refractivity contribution in [2.24, 2.45) is 0 Å². The summed E-state index contributed by atoms with van der Waals surface area (Å²) in [5, 5.41) is 0. The second kappa shape index (κ2) is 13.6. The molecule has 6 aromatic rings. The molecule has 0 bridgehead atoms. The second-order valence-corrected chi connectivity index (χ2v) is 18.4. The Morgan fingerprint density at radius 3 is 1.82 bits per heavy atom. The standard InChI is InChI=1S/C40H29BF2I2N4S2/c1-24-4-8-29(9-5-24)38-39-25(2)36(32-12-14-34(44)50-32)30(10-6-27-16-20-46-21-17-27)48(39)41(42,43)49-31(11-7-28-18-22-47-23-19-28)37(26(3)40(38)49)33-13-15-35(45)51-33/h4-23H,1-3H3/b10-6+,11-7+. The van der Waals surface area contributed by atoms with Crippen LogP contribution in [0.5, 0.6) is 0 Å². The summed E-state index contributed by atoms with van der Waals surface area (Å²) in [4.78, 5) is 10.2. The maximum Gasteiger partial charge on any atom is 0.737 e. The van der Waals surface area contributed by atoms with E-state index in [9.17, 15) is 0 Å². The number of aryl methyl sites for hydroxylation is 1. The highest BCUT2D eigenvalue weighted by Crippen LogP contribution is 2.51. The van der Waals surface area contributed by atoms with Gasteiger partial charge in [0.15, 0.2) is 11.4 Å². The van der Waals surface area contributed by atoms with Crippen molar-refractivity contribution in [3.8, 4) is 10.4 Å². The average Bonchev–Trinajstić information content (AvgIpc) is 3.89. The minimum absolute atomic E-state index is 0.473. The van der Waals surface area contributed by atoms with Crippen LogP contribution in [-0.4, -0.2) is 31.6 Å². The fraction of sp³-hybridized carbons (Fsp3) is 0.0750. The molecule has 2 aliphatic heterocycles. The zero-order chi connectivity index (χ0) is 35.4. The van der Waals surface area contributed by atoms with Crippen LogP contribution in [0.15, 0.2) is 115 Å². The van der Waals surface area contributed by atoms with Crippen LogP contribution in [0.1, 0.15) is 51.0 Å². The lowest BCUT2D eigenvalue weighted by Gasteiger charge is -2.34. The smallest absolute Gasteiger partial charge is 0.389 e. The summed E-state index contributed by atoms with van der Waals surface area (Å²) in [5.41, 5.74) is 9.88. The molecule has 8 rings (SSSR count). The van der Waals surface area contributed by atoms with E-state index in [0.717, 1.165) is 65.6 Å². The zero-order valence-electron chi connectivity index (χ0n) is 27.7. The number of aromatic nitrogens is 3. The van der Waals surface area contributed by atoms with Crippen LogP contribution < -0.4 is 0 Å². The number of halogens is 4. The molecule has 2 aliphatic rings. The Morgan fingerprint density at radius 2 is 1.25 bits per heavy atom. The van der Waals surface area contributed by atoms with E-state index in [1.807, 2.05) is 93.6 Å². The summed E-state index contributed by atoms with van der Waals surface area (Å²) >= 11 is 7.84. The third kappa shape index (κ3) is 6.05. The molecule has 0 spiro atoms. The molecule has 0 unspecified atom stereocenters. The molecule has 4 nitrogen and oxygen atoms in total. The van der Waals surface area contributed by atoms with Crippen molar-refractivity contribution in [3.63, 3.8) is 0 Å². The van der Waals surface area contributed by atoms with Crippen molar-refractivity contribution >= 4 is 110 Å². The van der Waals surface area contributed by atoms with Gasteiger partial charge in [0.2, 0.25) is 0 Å². The molecule has 0 radical (unpaired) electrons. The highest BCUT2D eigenvalue weighted by atomic mass is 127. The van der Waals surface area contributed by atoms with Crippen LogP contribution in [0.25, 0.3) is 39.8 Å². The first-order chi connectivity index (χ1) is 24.6. The summed E-state index contributed by atoms with van der Waals surface area (Å²) in [6.07, 6.45) is 14.4. The molecular formula is C40H29BF2I2N4S2. The van der Waals surface area contributed by atoms with Crippen molar-refractivity contribution < 1.29 is 13.1 Å². The minimum Gasteiger partial charge on any atom is -0.389 e. The molecule has 51 heavy (non-hydrogen) atoms. The molecule has 0 fully saturated rings. The van der Waals surface area contributed by atoms with Crippen LogP contribution in [0.2, 0.25) is 0 Å². The summed E-state index contributed by atoms with van der Waals surface area (Å²) in [6.45, 7) is 1.62. The Hall–Kier alpha value is -3.79. The van der Waals surface area contributed by atoms with E-state index in [1.165, 1.54) is 8.96 Å². The zero-order valence-corrected chi connectivity index (χ0v) is 33.7. The van der Waals surface area contributed by atoms with E-state index >= 15 is 8.63 Å². The lowest BCUT2D eigenvalue weighted by Crippen LogP contribution is -2.51. The summed E-state index contributed by atoms with van der Waals surface area (Å²) in [6, 6.07) is 24.0. The summed E-state index contributed by atoms with van der Waals surface area (Å²) in [7, 11) is 0. The molecule has 0 aliphatic carbocycles. The normalized spacial score (nSPS) is 15.5. The van der Waals surface area contributed by atoms with E-state index in [0.29, 0.717) is 22.8 Å². The van der Waals surface area contributed by atoms with Gasteiger partial charge in [-0.3, -0.25) is 9.97 Å². The molecule has 0 N–H and O–H groups in total. The molecule has 7 heterocycles. The third-order valence-corrected chi connectivity index (χ3v) is 13.2. The van der Waals surface area contributed by atoms with E-state index in [1.54, 1.807) is 47.5 Å². The predicted molar refractivity (Wildman–Crippen MR) is 227 cm³/mol. The van der Waals surface area contributed by atoms with Crippen molar-refractivity contribution in [1.29, 1.82) is 0 Å². The van der Waals surface area contributed by atoms with Gasteiger partial charge in [-0.05, 0) is 149 Å². The molecular weight excluding hydrogens is 903 g/mol. The number of hydrogen-bond donors (Lipinski definition) is 0. The molecule has 5 aromatic heterocycles. The molecule has 0 amide bonds. The summed E-state index contributed by atoms with van der Waals surface area (Å²) in [5.74, 6) is 0.